The molecule has 5 nitrogen and oxygen atoms in total. The number of rotatable bonds is 11. The summed E-state index contributed by atoms with van der Waals surface area (Å²) in [6, 6.07) is 15.5. The Kier molecular flexibility index (Phi) is 7.04. The van der Waals surface area contributed by atoms with Crippen LogP contribution in [0.1, 0.15) is 61.6 Å². The molecule has 0 radical (unpaired) electrons. The van der Waals surface area contributed by atoms with E-state index >= 15 is 0 Å². The molecule has 2 aromatic carbocycles. The molecule has 204 valence electrons. The van der Waals surface area contributed by atoms with Crippen LogP contribution in [-0.2, 0) is 18.3 Å². The highest BCUT2D eigenvalue weighted by atomic mass is 16.5. The quantitative estimate of drug-likeness (QED) is 0.331. The summed E-state index contributed by atoms with van der Waals surface area (Å²) in [5, 5.41) is 12.6. The Morgan fingerprint density at radius 3 is 2.74 bits per heavy atom. The van der Waals surface area contributed by atoms with Crippen molar-refractivity contribution in [3.8, 4) is 11.5 Å². The third-order valence-electron chi connectivity index (χ3n) is 10.2. The third kappa shape index (κ3) is 3.92. The summed E-state index contributed by atoms with van der Waals surface area (Å²) < 4.78 is 12.7. The molecule has 2 aliphatic carbocycles. The topological polar surface area (TPSA) is 45.2 Å². The highest BCUT2D eigenvalue weighted by Crippen LogP contribution is 2.65. The lowest BCUT2D eigenvalue weighted by atomic mass is 9.48. The average Bonchev–Trinajstić information content (AvgIpc) is 3.28. The molecule has 1 saturated heterocycles. The van der Waals surface area contributed by atoms with Crippen molar-refractivity contribution < 1.29 is 14.6 Å². The van der Waals surface area contributed by atoms with Gasteiger partial charge < -0.3 is 14.6 Å². The van der Waals surface area contributed by atoms with Crippen LogP contribution in [0.5, 0.6) is 11.5 Å². The van der Waals surface area contributed by atoms with Crippen molar-refractivity contribution in [2.75, 3.05) is 33.8 Å². The first kappa shape index (κ1) is 25.9. The van der Waals surface area contributed by atoms with E-state index in [0.717, 1.165) is 56.8 Å². The second-order valence-electron chi connectivity index (χ2n) is 12.1. The van der Waals surface area contributed by atoms with Crippen LogP contribution in [0.4, 0.5) is 0 Å². The fraction of sp³-hybridized carbons (Fsp3) is 0.576. The van der Waals surface area contributed by atoms with Crippen molar-refractivity contribution in [1.29, 1.82) is 0 Å². The minimum absolute atomic E-state index is 0.0527. The average molecular weight is 517 g/mol. The fourth-order valence-corrected chi connectivity index (χ4v) is 8.45. The van der Waals surface area contributed by atoms with Crippen LogP contribution in [0.2, 0.25) is 0 Å². The Balaban J connectivity index is 1.19. The van der Waals surface area contributed by atoms with Crippen LogP contribution in [0, 0.1) is 0 Å². The first-order valence-electron chi connectivity index (χ1n) is 14.7. The Labute approximate surface area is 228 Å². The second kappa shape index (κ2) is 10.3. The smallest absolute Gasteiger partial charge is 0.165 e. The summed E-state index contributed by atoms with van der Waals surface area (Å²) in [7, 11) is 4.00. The van der Waals surface area contributed by atoms with Gasteiger partial charge in [-0.2, -0.15) is 0 Å². The van der Waals surface area contributed by atoms with E-state index in [2.05, 4.69) is 65.9 Å². The highest BCUT2D eigenvalue weighted by molar-refractivity contribution is 5.63. The molecule has 5 heteroatoms. The van der Waals surface area contributed by atoms with Gasteiger partial charge in [0.05, 0.1) is 18.1 Å². The number of likely N-dealkylation sites (tertiary alicyclic amines) is 1. The Bertz CT molecular complexity index is 1150. The maximum Gasteiger partial charge on any atom is 0.165 e. The maximum atomic E-state index is 12.6. The molecule has 2 bridgehead atoms. The fourth-order valence-electron chi connectivity index (χ4n) is 8.45. The van der Waals surface area contributed by atoms with Gasteiger partial charge in [0.15, 0.2) is 11.5 Å². The molecule has 0 aromatic heterocycles. The molecule has 1 saturated carbocycles. The molecule has 2 aromatic rings. The molecule has 5 atom stereocenters. The molecular formula is C33H44N2O3. The van der Waals surface area contributed by atoms with E-state index in [4.69, 9.17) is 9.47 Å². The van der Waals surface area contributed by atoms with Gasteiger partial charge in [0, 0.05) is 24.2 Å². The highest BCUT2D eigenvalue weighted by Gasteiger charge is 2.73. The van der Waals surface area contributed by atoms with Crippen LogP contribution in [0.25, 0.3) is 0 Å². The van der Waals surface area contributed by atoms with Crippen molar-refractivity contribution in [2.24, 2.45) is 0 Å². The molecule has 6 rings (SSSR count). The molecular weight excluding hydrogens is 472 g/mol. The van der Waals surface area contributed by atoms with E-state index in [9.17, 15) is 5.11 Å². The molecule has 0 amide bonds. The number of likely N-dealkylation sites (N-methyl/N-ethyl adjacent to an activating group) is 1. The minimum Gasteiger partial charge on any atom is -0.493 e. The van der Waals surface area contributed by atoms with Crippen LogP contribution < -0.4 is 9.47 Å². The standard InChI is InChI=1S/C33H44N2O3/c1-4-20-35-22-19-32-29-25-15-16-27(37-3)30(29)38-31(32)26(17-18-33(32,36)28(35)23-25)34(2)21-11-6-5-8-12-24-13-9-7-10-14-24/h4,7,9-10,13-16,26,28,31,36H,1,5-6,8,11-12,17-23H2,2-3H3/t26-,28-,31+,32+,33-/m1/s1. The van der Waals surface area contributed by atoms with Gasteiger partial charge >= 0.3 is 0 Å². The van der Waals surface area contributed by atoms with Crippen LogP contribution in [-0.4, -0.2) is 72.5 Å². The summed E-state index contributed by atoms with van der Waals surface area (Å²) in [5.74, 6) is 1.70. The minimum atomic E-state index is -0.793. The summed E-state index contributed by atoms with van der Waals surface area (Å²) in [5.41, 5.74) is 2.85. The van der Waals surface area contributed by atoms with Crippen molar-refractivity contribution in [3.63, 3.8) is 0 Å². The van der Waals surface area contributed by atoms with Crippen molar-refractivity contribution in [3.05, 3.63) is 71.8 Å². The van der Waals surface area contributed by atoms with Gasteiger partial charge in [0.1, 0.15) is 6.10 Å². The summed E-state index contributed by atoms with van der Waals surface area (Å²) >= 11 is 0. The molecule has 1 spiro atoms. The Morgan fingerprint density at radius 2 is 1.95 bits per heavy atom. The SMILES string of the molecule is C=CCN1CC[C@]23c4c5ccc(OC)c4O[C@H]2[C@H](N(C)CCCCCCc2ccccc2)CC[C@@]3(O)[C@H]1C5. The molecule has 1 N–H and O–H groups in total. The zero-order valence-corrected chi connectivity index (χ0v) is 23.2. The summed E-state index contributed by atoms with van der Waals surface area (Å²) in [6.45, 7) is 6.86. The van der Waals surface area contributed by atoms with E-state index in [1.54, 1.807) is 7.11 Å². The van der Waals surface area contributed by atoms with E-state index in [1.165, 1.54) is 48.8 Å². The lowest BCUT2D eigenvalue weighted by Gasteiger charge is -2.64. The zero-order chi connectivity index (χ0) is 26.3. The Morgan fingerprint density at radius 1 is 1.13 bits per heavy atom. The lowest BCUT2D eigenvalue weighted by molar-refractivity contribution is -0.197. The molecule has 2 heterocycles. The molecule has 38 heavy (non-hydrogen) atoms. The summed E-state index contributed by atoms with van der Waals surface area (Å²) in [6.07, 6.45) is 11.6. The maximum absolute atomic E-state index is 12.6. The van der Waals surface area contributed by atoms with Crippen LogP contribution in [0.15, 0.2) is 55.1 Å². The molecule has 0 unspecified atom stereocenters. The van der Waals surface area contributed by atoms with E-state index in [0.29, 0.717) is 0 Å². The number of benzene rings is 2. The van der Waals surface area contributed by atoms with Crippen LogP contribution >= 0.6 is 0 Å². The number of methoxy groups -OCH3 is 1. The normalized spacial score (nSPS) is 31.1. The van der Waals surface area contributed by atoms with Crippen molar-refractivity contribution >= 4 is 0 Å². The molecule has 4 aliphatic rings. The molecule has 2 fully saturated rings. The van der Waals surface area contributed by atoms with E-state index in [1.807, 2.05) is 6.08 Å². The predicted octanol–water partition coefficient (Wildman–Crippen LogP) is 5.14. The summed E-state index contributed by atoms with van der Waals surface area (Å²) in [4.78, 5) is 4.99. The number of hydrogen-bond donors (Lipinski definition) is 1. The number of aryl methyl sites for hydroxylation is 1. The lowest BCUT2D eigenvalue weighted by Crippen LogP contribution is -2.78. The van der Waals surface area contributed by atoms with E-state index < -0.39 is 5.60 Å². The van der Waals surface area contributed by atoms with Gasteiger partial charge in [-0.3, -0.25) is 9.80 Å². The first-order chi connectivity index (χ1) is 18.5. The number of aliphatic hydroxyl groups is 1. The van der Waals surface area contributed by atoms with E-state index in [-0.39, 0.29) is 23.6 Å². The largest absolute Gasteiger partial charge is 0.493 e. The van der Waals surface area contributed by atoms with Gasteiger partial charge in [0.25, 0.3) is 0 Å². The number of hydrogen-bond acceptors (Lipinski definition) is 5. The first-order valence-corrected chi connectivity index (χ1v) is 14.7. The zero-order valence-electron chi connectivity index (χ0n) is 23.2. The van der Waals surface area contributed by atoms with Gasteiger partial charge in [-0.15, -0.1) is 6.58 Å². The molecule has 2 aliphatic heterocycles. The number of nitrogens with zero attached hydrogens (tertiary/aromatic N) is 2. The number of piperidine rings is 1. The number of unbranched alkanes of at least 4 members (excludes halogenated alkanes) is 3. The van der Waals surface area contributed by atoms with Gasteiger partial charge in [-0.05, 0) is 82.3 Å². The predicted molar refractivity (Wildman–Crippen MR) is 152 cm³/mol. The Hall–Kier alpha value is -2.34. The second-order valence-corrected chi connectivity index (χ2v) is 12.1. The number of ether oxygens (including phenoxy) is 2. The monoisotopic (exact) mass is 516 g/mol. The van der Waals surface area contributed by atoms with Crippen molar-refractivity contribution in [1.82, 2.24) is 9.80 Å². The van der Waals surface area contributed by atoms with Crippen LogP contribution in [0.3, 0.4) is 0 Å². The van der Waals surface area contributed by atoms with Gasteiger partial charge in [-0.25, -0.2) is 0 Å². The van der Waals surface area contributed by atoms with Crippen molar-refractivity contribution in [2.45, 2.75) is 87.0 Å². The third-order valence-corrected chi connectivity index (χ3v) is 10.2. The van der Waals surface area contributed by atoms with Gasteiger partial charge in [0.2, 0.25) is 0 Å². The van der Waals surface area contributed by atoms with Gasteiger partial charge in [-0.1, -0.05) is 55.3 Å².